The number of nitrogens with zero attached hydrogens (tertiary/aromatic N) is 1. The molecule has 0 aromatic heterocycles. The van der Waals surface area contributed by atoms with Crippen LogP contribution in [0.3, 0.4) is 0 Å². The van der Waals surface area contributed by atoms with Crippen LogP contribution in [0.15, 0.2) is 53.0 Å². The minimum absolute atomic E-state index is 0.157. The fourth-order valence-electron chi connectivity index (χ4n) is 1.86. The number of halogens is 1. The second-order valence-electron chi connectivity index (χ2n) is 5.69. The third kappa shape index (κ3) is 5.72. The molecule has 1 rings (SSSR count). The average molecular weight is 304 g/mol. The monoisotopic (exact) mass is 304 g/mol. The standard InChI is InChI=1S/C18H25FN2O/c1-6-7-17(14(3)20-12-13(2)22)21-16-10-8-15(9-11-16)18(4,5)19/h7-12,21-22H,6H2,1-5H3/b13-12+,17-7-,20-14+. The summed E-state index contributed by atoms with van der Waals surface area (Å²) in [5, 5.41) is 12.5. The molecule has 3 nitrogen and oxygen atoms in total. The first-order valence-electron chi connectivity index (χ1n) is 7.41. The first-order valence-corrected chi connectivity index (χ1v) is 7.41. The Hall–Kier alpha value is -2.10. The van der Waals surface area contributed by atoms with Gasteiger partial charge in [0.05, 0.1) is 17.6 Å². The van der Waals surface area contributed by atoms with Crippen LogP contribution < -0.4 is 5.32 Å². The van der Waals surface area contributed by atoms with Crippen LogP contribution >= 0.6 is 0 Å². The van der Waals surface area contributed by atoms with Crippen molar-refractivity contribution >= 4 is 11.4 Å². The van der Waals surface area contributed by atoms with Crippen molar-refractivity contribution in [2.24, 2.45) is 4.99 Å². The Morgan fingerprint density at radius 2 is 1.86 bits per heavy atom. The lowest BCUT2D eigenvalue weighted by Gasteiger charge is -2.16. The molecule has 2 N–H and O–H groups in total. The highest BCUT2D eigenvalue weighted by molar-refractivity contribution is 6.01. The molecule has 0 aliphatic carbocycles. The summed E-state index contributed by atoms with van der Waals surface area (Å²) in [4.78, 5) is 4.21. The second kappa shape index (κ2) is 7.78. The number of aliphatic hydroxyl groups is 1. The first-order chi connectivity index (χ1) is 10.2. The number of aliphatic hydroxyl groups excluding tert-OH is 1. The third-order valence-electron chi connectivity index (χ3n) is 3.09. The van der Waals surface area contributed by atoms with Crippen LogP contribution in [0.5, 0.6) is 0 Å². The number of allylic oxidation sites excluding steroid dienone is 3. The Balaban J connectivity index is 2.95. The SMILES string of the molecule is CC/C=C(Nc1ccc(C(C)(C)F)cc1)/C(C)=N/C=C(\C)O. The molecule has 0 atom stereocenters. The summed E-state index contributed by atoms with van der Waals surface area (Å²) < 4.78 is 13.9. The van der Waals surface area contributed by atoms with Gasteiger partial charge in [0, 0.05) is 5.69 Å². The number of rotatable bonds is 6. The van der Waals surface area contributed by atoms with Gasteiger partial charge in [-0.1, -0.05) is 25.1 Å². The molecule has 0 bridgehead atoms. The lowest BCUT2D eigenvalue weighted by Crippen LogP contribution is -2.10. The number of nitrogens with one attached hydrogen (secondary N) is 1. The summed E-state index contributed by atoms with van der Waals surface area (Å²) in [5.74, 6) is 0.157. The van der Waals surface area contributed by atoms with E-state index in [1.807, 2.05) is 32.1 Å². The van der Waals surface area contributed by atoms with E-state index in [1.165, 1.54) is 20.0 Å². The first kappa shape index (κ1) is 18.0. The molecule has 1 aromatic carbocycles. The van der Waals surface area contributed by atoms with Crippen LogP contribution in [0.2, 0.25) is 0 Å². The van der Waals surface area contributed by atoms with E-state index in [-0.39, 0.29) is 5.76 Å². The van der Waals surface area contributed by atoms with Crippen LogP contribution in [-0.4, -0.2) is 10.8 Å². The summed E-state index contributed by atoms with van der Waals surface area (Å²) in [6, 6.07) is 7.24. The van der Waals surface area contributed by atoms with Crippen LogP contribution in [-0.2, 0) is 5.67 Å². The van der Waals surface area contributed by atoms with Gasteiger partial charge in [-0.15, -0.1) is 0 Å². The number of hydrogen-bond donors (Lipinski definition) is 2. The molecule has 0 fully saturated rings. The van der Waals surface area contributed by atoms with E-state index in [0.717, 1.165) is 23.5 Å². The highest BCUT2D eigenvalue weighted by Gasteiger charge is 2.18. The fourth-order valence-corrected chi connectivity index (χ4v) is 1.86. The predicted octanol–water partition coefficient (Wildman–Crippen LogP) is 5.48. The summed E-state index contributed by atoms with van der Waals surface area (Å²) >= 11 is 0. The molecule has 22 heavy (non-hydrogen) atoms. The largest absolute Gasteiger partial charge is 0.511 e. The molecule has 0 heterocycles. The molecular formula is C18H25FN2O. The van der Waals surface area contributed by atoms with Gasteiger partial charge in [0.25, 0.3) is 0 Å². The zero-order chi connectivity index (χ0) is 16.8. The molecular weight excluding hydrogens is 279 g/mol. The summed E-state index contributed by atoms with van der Waals surface area (Å²) in [6.07, 6.45) is 4.29. The minimum Gasteiger partial charge on any atom is -0.511 e. The molecule has 0 spiro atoms. The topological polar surface area (TPSA) is 44.6 Å². The second-order valence-corrected chi connectivity index (χ2v) is 5.69. The number of alkyl halides is 1. The molecule has 1 aromatic rings. The summed E-state index contributed by atoms with van der Waals surface area (Å²) in [6.45, 7) is 8.56. The zero-order valence-electron chi connectivity index (χ0n) is 13.9. The Morgan fingerprint density at radius 3 is 2.32 bits per heavy atom. The van der Waals surface area contributed by atoms with Crippen molar-refractivity contribution in [3.05, 3.63) is 53.6 Å². The van der Waals surface area contributed by atoms with E-state index < -0.39 is 5.67 Å². The van der Waals surface area contributed by atoms with Crippen molar-refractivity contribution in [2.75, 3.05) is 5.32 Å². The van der Waals surface area contributed by atoms with E-state index in [9.17, 15) is 9.50 Å². The third-order valence-corrected chi connectivity index (χ3v) is 3.09. The molecule has 0 aliphatic rings. The smallest absolute Gasteiger partial charge is 0.130 e. The maximum Gasteiger partial charge on any atom is 0.130 e. The molecule has 0 amide bonds. The fraction of sp³-hybridized carbons (Fsp3) is 0.389. The number of hydrogen-bond acceptors (Lipinski definition) is 3. The molecule has 0 radical (unpaired) electrons. The van der Waals surface area contributed by atoms with E-state index in [0.29, 0.717) is 5.56 Å². The zero-order valence-corrected chi connectivity index (χ0v) is 13.9. The van der Waals surface area contributed by atoms with E-state index in [2.05, 4.69) is 10.3 Å². The molecule has 120 valence electrons. The maximum absolute atomic E-state index is 13.9. The van der Waals surface area contributed by atoms with Crippen LogP contribution in [0.1, 0.15) is 46.6 Å². The number of benzene rings is 1. The summed E-state index contributed by atoms with van der Waals surface area (Å²) in [7, 11) is 0. The van der Waals surface area contributed by atoms with Crippen molar-refractivity contribution < 1.29 is 9.50 Å². The van der Waals surface area contributed by atoms with Gasteiger partial charge in [0.15, 0.2) is 0 Å². The van der Waals surface area contributed by atoms with Gasteiger partial charge in [-0.3, -0.25) is 4.99 Å². The Bertz CT molecular complexity index is 574. The quantitative estimate of drug-likeness (QED) is 0.540. The van der Waals surface area contributed by atoms with Crippen molar-refractivity contribution in [3.63, 3.8) is 0 Å². The molecule has 4 heteroatoms. The van der Waals surface area contributed by atoms with Gasteiger partial charge in [-0.2, -0.15) is 0 Å². The molecule has 0 saturated carbocycles. The predicted molar refractivity (Wildman–Crippen MR) is 92.1 cm³/mol. The van der Waals surface area contributed by atoms with Gasteiger partial charge >= 0.3 is 0 Å². The van der Waals surface area contributed by atoms with Gasteiger partial charge in [-0.25, -0.2) is 4.39 Å². The molecule has 0 unspecified atom stereocenters. The van der Waals surface area contributed by atoms with E-state index >= 15 is 0 Å². The number of aliphatic imine (C=N–C) groups is 1. The lowest BCUT2D eigenvalue weighted by molar-refractivity contribution is 0.221. The normalized spacial score (nSPS) is 14.2. The van der Waals surface area contributed by atoms with Gasteiger partial charge in [0.1, 0.15) is 11.4 Å². The minimum atomic E-state index is -1.35. The van der Waals surface area contributed by atoms with Crippen molar-refractivity contribution in [3.8, 4) is 0 Å². The Labute approximate surface area is 132 Å². The van der Waals surface area contributed by atoms with Crippen LogP contribution in [0.25, 0.3) is 0 Å². The van der Waals surface area contributed by atoms with E-state index in [4.69, 9.17) is 0 Å². The molecule has 0 aliphatic heterocycles. The lowest BCUT2D eigenvalue weighted by atomic mass is 10.00. The average Bonchev–Trinajstić information content (AvgIpc) is 2.44. The summed E-state index contributed by atoms with van der Waals surface area (Å²) in [5.41, 5.74) is 1.80. The number of anilines is 1. The van der Waals surface area contributed by atoms with Gasteiger partial charge in [-0.05, 0) is 51.8 Å². The van der Waals surface area contributed by atoms with Crippen molar-refractivity contribution in [1.29, 1.82) is 0 Å². The van der Waals surface area contributed by atoms with Crippen molar-refractivity contribution in [1.82, 2.24) is 0 Å². The van der Waals surface area contributed by atoms with Gasteiger partial charge in [0.2, 0.25) is 0 Å². The highest BCUT2D eigenvalue weighted by Crippen LogP contribution is 2.26. The van der Waals surface area contributed by atoms with Crippen LogP contribution in [0, 0.1) is 0 Å². The van der Waals surface area contributed by atoms with Crippen molar-refractivity contribution in [2.45, 2.75) is 46.7 Å². The maximum atomic E-state index is 13.9. The van der Waals surface area contributed by atoms with E-state index in [1.54, 1.807) is 19.1 Å². The van der Waals surface area contributed by atoms with Crippen LogP contribution in [0.4, 0.5) is 10.1 Å². The molecule has 0 saturated heterocycles. The Morgan fingerprint density at radius 1 is 1.27 bits per heavy atom. The van der Waals surface area contributed by atoms with Gasteiger partial charge < -0.3 is 10.4 Å². The highest BCUT2D eigenvalue weighted by atomic mass is 19.1. The Kier molecular flexibility index (Phi) is 6.35.